The van der Waals surface area contributed by atoms with Gasteiger partial charge in [0.2, 0.25) is 0 Å². The summed E-state index contributed by atoms with van der Waals surface area (Å²) in [5.74, 6) is -0.351. The molecule has 1 aromatic heterocycles. The summed E-state index contributed by atoms with van der Waals surface area (Å²) >= 11 is 0. The lowest BCUT2D eigenvalue weighted by Gasteiger charge is -2.09. The molecule has 8 heteroatoms. The van der Waals surface area contributed by atoms with Crippen molar-refractivity contribution in [2.75, 3.05) is 12.4 Å². The van der Waals surface area contributed by atoms with Crippen LogP contribution in [0.1, 0.15) is 27.2 Å². The number of rotatable bonds is 4. The predicted octanol–water partition coefficient (Wildman–Crippen LogP) is 5.34. The number of phenolic OH excluding ortho intramolecular Hbond substituents is 1. The van der Waals surface area contributed by atoms with Crippen LogP contribution < -0.4 is 5.32 Å². The monoisotopic (exact) mass is 391 g/mol. The second-order valence-electron chi connectivity index (χ2n) is 5.97. The summed E-state index contributed by atoms with van der Waals surface area (Å²) in [6.45, 7) is 1.59. The van der Waals surface area contributed by atoms with E-state index in [2.05, 4.69) is 5.32 Å². The van der Waals surface area contributed by atoms with E-state index in [0.717, 1.165) is 12.1 Å². The highest BCUT2D eigenvalue weighted by Crippen LogP contribution is 2.35. The third-order valence-electron chi connectivity index (χ3n) is 4.12. The van der Waals surface area contributed by atoms with Crippen LogP contribution in [0.5, 0.6) is 5.75 Å². The second-order valence-corrected chi connectivity index (χ2v) is 5.97. The summed E-state index contributed by atoms with van der Waals surface area (Å²) in [6, 6.07) is 7.06. The van der Waals surface area contributed by atoms with Crippen molar-refractivity contribution < 1.29 is 32.2 Å². The van der Waals surface area contributed by atoms with Gasteiger partial charge in [-0.2, -0.15) is 13.2 Å². The van der Waals surface area contributed by atoms with Gasteiger partial charge in [0.25, 0.3) is 5.91 Å². The van der Waals surface area contributed by atoms with Crippen LogP contribution in [0.3, 0.4) is 0 Å². The van der Waals surface area contributed by atoms with Crippen LogP contribution in [-0.4, -0.2) is 18.1 Å². The Kier molecular flexibility index (Phi) is 5.04. The zero-order chi connectivity index (χ0) is 20.5. The number of benzene rings is 2. The lowest BCUT2D eigenvalue weighted by atomic mass is 10.0. The Morgan fingerprint density at radius 2 is 1.86 bits per heavy atom. The highest BCUT2D eigenvalue weighted by Gasteiger charge is 2.30. The molecule has 146 valence electrons. The molecule has 28 heavy (non-hydrogen) atoms. The quantitative estimate of drug-likeness (QED) is 0.590. The smallest absolute Gasteiger partial charge is 0.416 e. The molecule has 0 bridgehead atoms. The summed E-state index contributed by atoms with van der Waals surface area (Å²) in [5, 5.41) is 13.1. The average Bonchev–Trinajstić information content (AvgIpc) is 2.97. The minimum absolute atomic E-state index is 0.0785. The molecule has 0 saturated carbocycles. The molecule has 0 spiro atoms. The van der Waals surface area contributed by atoms with Crippen molar-refractivity contribution in [3.63, 3.8) is 0 Å². The van der Waals surface area contributed by atoms with Crippen LogP contribution in [0.15, 0.2) is 47.1 Å². The molecule has 0 aliphatic carbocycles. The fraction of sp³-hybridized carbons (Fsp3) is 0.150. The van der Waals surface area contributed by atoms with E-state index >= 15 is 0 Å². The first-order valence-electron chi connectivity index (χ1n) is 8.15. The van der Waals surface area contributed by atoms with Crippen molar-refractivity contribution in [2.45, 2.75) is 13.1 Å². The van der Waals surface area contributed by atoms with Gasteiger partial charge in [-0.15, -0.1) is 0 Å². The van der Waals surface area contributed by atoms with Gasteiger partial charge in [-0.05, 0) is 49.4 Å². The summed E-state index contributed by atoms with van der Waals surface area (Å²) < 4.78 is 48.5. The number of anilines is 1. The molecule has 0 radical (unpaired) electrons. The van der Waals surface area contributed by atoms with Crippen molar-refractivity contribution in [2.24, 2.45) is 0 Å². The Morgan fingerprint density at radius 1 is 1.18 bits per heavy atom. The normalized spacial score (nSPS) is 11.9. The highest BCUT2D eigenvalue weighted by atomic mass is 19.4. The number of halogens is 3. The Labute approximate surface area is 158 Å². The number of ether oxygens (including phenoxy) is 1. The summed E-state index contributed by atoms with van der Waals surface area (Å²) in [4.78, 5) is 12.8. The van der Waals surface area contributed by atoms with Crippen LogP contribution >= 0.6 is 0 Å². The van der Waals surface area contributed by atoms with E-state index in [4.69, 9.17) is 9.15 Å². The van der Waals surface area contributed by atoms with Gasteiger partial charge in [0, 0.05) is 16.6 Å². The molecule has 3 aromatic rings. The minimum Gasteiger partial charge on any atom is -0.507 e. The Morgan fingerprint density at radius 3 is 2.46 bits per heavy atom. The molecule has 0 saturated heterocycles. The van der Waals surface area contributed by atoms with E-state index < -0.39 is 17.6 Å². The number of phenols is 1. The molecule has 1 heterocycles. The molecule has 1 amide bonds. The first-order valence-corrected chi connectivity index (χ1v) is 8.15. The van der Waals surface area contributed by atoms with Crippen LogP contribution in [0, 0.1) is 6.92 Å². The first kappa shape index (κ1) is 19.3. The lowest BCUT2D eigenvalue weighted by molar-refractivity contribution is -0.137. The molecule has 0 atom stereocenters. The number of furan rings is 1. The zero-order valence-corrected chi connectivity index (χ0v) is 14.9. The van der Waals surface area contributed by atoms with Crippen LogP contribution in [0.2, 0.25) is 0 Å². The first-order chi connectivity index (χ1) is 13.2. The number of carbonyl (C=O) groups is 1. The van der Waals surface area contributed by atoms with Crippen molar-refractivity contribution in [3.8, 4) is 5.75 Å². The number of amides is 1. The van der Waals surface area contributed by atoms with E-state index in [1.807, 2.05) is 0 Å². The number of carbonyl (C=O) groups excluding carboxylic acids is 1. The van der Waals surface area contributed by atoms with E-state index in [1.54, 1.807) is 6.92 Å². The van der Waals surface area contributed by atoms with Gasteiger partial charge >= 0.3 is 6.18 Å². The molecule has 2 N–H and O–H groups in total. The molecule has 0 fully saturated rings. The van der Waals surface area contributed by atoms with Gasteiger partial charge in [0.05, 0.1) is 24.5 Å². The number of fused-ring (bicyclic) bond motifs is 1. The van der Waals surface area contributed by atoms with Crippen molar-refractivity contribution in [3.05, 3.63) is 65.1 Å². The fourth-order valence-electron chi connectivity index (χ4n) is 2.84. The number of hydrogen-bond acceptors (Lipinski definition) is 4. The second kappa shape index (κ2) is 7.30. The zero-order valence-electron chi connectivity index (χ0n) is 14.9. The Bertz CT molecular complexity index is 1050. The number of methoxy groups -OCH3 is 1. The number of hydrogen-bond donors (Lipinski definition) is 2. The van der Waals surface area contributed by atoms with Gasteiger partial charge in [-0.1, -0.05) is 0 Å². The summed E-state index contributed by atoms with van der Waals surface area (Å²) in [6.07, 6.45) is -1.63. The van der Waals surface area contributed by atoms with Crippen molar-refractivity contribution in [1.82, 2.24) is 0 Å². The topological polar surface area (TPSA) is 71.7 Å². The van der Waals surface area contributed by atoms with Gasteiger partial charge in [-0.3, -0.25) is 4.79 Å². The molecule has 0 unspecified atom stereocenters. The Hall–Kier alpha value is -3.42. The standard InChI is InChI=1S/C20H16F3NO4/c1-11-17(18-14(9-10-27-2)15(25)7-8-16(18)28-11)19(26)24-13-5-3-12(4-6-13)20(21,22)23/h3-10,25H,1-2H3,(H,24,26)/b10-9+. The molecule has 0 aliphatic rings. The molecule has 0 aliphatic heterocycles. The van der Waals surface area contributed by atoms with Gasteiger partial charge in [-0.25, -0.2) is 0 Å². The van der Waals surface area contributed by atoms with Gasteiger partial charge in [0.15, 0.2) is 0 Å². The third-order valence-corrected chi connectivity index (χ3v) is 4.12. The molecule has 5 nitrogen and oxygen atoms in total. The van der Waals surface area contributed by atoms with E-state index in [9.17, 15) is 23.1 Å². The third kappa shape index (κ3) is 3.66. The SMILES string of the molecule is CO/C=C/c1c(O)ccc2oc(C)c(C(=O)Nc3ccc(C(F)(F)F)cc3)c12. The molecule has 3 rings (SSSR count). The van der Waals surface area contributed by atoms with E-state index in [-0.39, 0.29) is 17.0 Å². The van der Waals surface area contributed by atoms with Gasteiger partial charge < -0.3 is 19.6 Å². The number of aryl methyl sites for hydroxylation is 1. The number of nitrogens with one attached hydrogen (secondary N) is 1. The predicted molar refractivity (Wildman–Crippen MR) is 98.1 cm³/mol. The van der Waals surface area contributed by atoms with Crippen LogP contribution in [0.25, 0.3) is 17.0 Å². The summed E-state index contributed by atoms with van der Waals surface area (Å²) in [7, 11) is 1.44. The lowest BCUT2D eigenvalue weighted by Crippen LogP contribution is -2.13. The number of aromatic hydroxyl groups is 1. The van der Waals surface area contributed by atoms with Crippen molar-refractivity contribution in [1.29, 1.82) is 0 Å². The highest BCUT2D eigenvalue weighted by molar-refractivity contribution is 6.15. The summed E-state index contributed by atoms with van der Waals surface area (Å²) in [5.41, 5.74) is 0.257. The maximum atomic E-state index is 12.8. The van der Waals surface area contributed by atoms with Crippen LogP contribution in [0.4, 0.5) is 18.9 Å². The van der Waals surface area contributed by atoms with E-state index in [1.165, 1.54) is 43.7 Å². The molecular weight excluding hydrogens is 375 g/mol. The van der Waals surface area contributed by atoms with E-state index in [0.29, 0.717) is 22.3 Å². The average molecular weight is 391 g/mol. The maximum absolute atomic E-state index is 12.8. The maximum Gasteiger partial charge on any atom is 0.416 e. The number of alkyl halides is 3. The largest absolute Gasteiger partial charge is 0.507 e. The minimum atomic E-state index is -4.46. The fourth-order valence-corrected chi connectivity index (χ4v) is 2.84. The Balaban J connectivity index is 2.01. The van der Waals surface area contributed by atoms with Crippen LogP contribution in [-0.2, 0) is 10.9 Å². The molecular formula is C20H16F3NO4. The van der Waals surface area contributed by atoms with Gasteiger partial charge in [0.1, 0.15) is 17.1 Å². The molecule has 2 aromatic carbocycles. The van der Waals surface area contributed by atoms with Crippen molar-refractivity contribution >= 4 is 28.6 Å².